The second-order valence-corrected chi connectivity index (χ2v) is 11.0. The molecule has 0 unspecified atom stereocenters. The van der Waals surface area contributed by atoms with Crippen LogP contribution in [0.5, 0.6) is 5.75 Å². The zero-order valence-corrected chi connectivity index (χ0v) is 23.1. The number of ether oxygens (including phenoxy) is 1. The van der Waals surface area contributed by atoms with Crippen molar-refractivity contribution in [1.82, 2.24) is 4.98 Å². The predicted octanol–water partition coefficient (Wildman–Crippen LogP) is 10.7. The van der Waals surface area contributed by atoms with Crippen molar-refractivity contribution < 1.29 is 9.13 Å². The fourth-order valence-electron chi connectivity index (χ4n) is 5.67. The molecule has 200 valence electrons. The third kappa shape index (κ3) is 9.87. The maximum atomic E-state index is 14.8. The summed E-state index contributed by atoms with van der Waals surface area (Å²) >= 11 is 0. The van der Waals surface area contributed by atoms with Gasteiger partial charge in [0.15, 0.2) is 0 Å². The third-order valence-corrected chi connectivity index (χ3v) is 8.05. The van der Waals surface area contributed by atoms with E-state index >= 15 is 0 Å². The monoisotopic (exact) mass is 495 g/mol. The number of hydrogen-bond acceptors (Lipinski definition) is 2. The molecule has 1 aromatic heterocycles. The molecular weight excluding hydrogens is 445 g/mol. The fraction of sp³-hybridized carbons (Fsp3) is 0.667. The Labute approximate surface area is 220 Å². The van der Waals surface area contributed by atoms with E-state index in [-0.39, 0.29) is 5.82 Å². The van der Waals surface area contributed by atoms with Crippen molar-refractivity contribution >= 4 is 0 Å². The van der Waals surface area contributed by atoms with Crippen molar-refractivity contribution in [1.29, 1.82) is 0 Å². The molecule has 1 aromatic carbocycles. The first-order chi connectivity index (χ1) is 17.7. The van der Waals surface area contributed by atoms with Crippen LogP contribution in [0, 0.1) is 11.7 Å². The van der Waals surface area contributed by atoms with Crippen LogP contribution in [0.2, 0.25) is 0 Å². The molecule has 0 aliphatic heterocycles. The predicted molar refractivity (Wildman–Crippen MR) is 151 cm³/mol. The van der Waals surface area contributed by atoms with E-state index in [1.165, 1.54) is 114 Å². The Morgan fingerprint density at radius 2 is 1.44 bits per heavy atom. The lowest BCUT2D eigenvalue weighted by Crippen LogP contribution is -2.13. The van der Waals surface area contributed by atoms with Gasteiger partial charge in [-0.15, -0.1) is 0 Å². The van der Waals surface area contributed by atoms with Gasteiger partial charge in [-0.1, -0.05) is 97.0 Å². The second-order valence-electron chi connectivity index (χ2n) is 11.0. The lowest BCUT2D eigenvalue weighted by atomic mass is 9.77. The van der Waals surface area contributed by atoms with E-state index in [0.29, 0.717) is 29.5 Å². The van der Waals surface area contributed by atoms with Crippen molar-refractivity contribution in [3.63, 3.8) is 0 Å². The van der Waals surface area contributed by atoms with Crippen LogP contribution < -0.4 is 4.74 Å². The average Bonchev–Trinajstić information content (AvgIpc) is 2.91. The van der Waals surface area contributed by atoms with Crippen LogP contribution in [0.25, 0.3) is 11.3 Å². The summed E-state index contributed by atoms with van der Waals surface area (Å²) in [5, 5.41) is 0. The molecular formula is C33H50FNO. The van der Waals surface area contributed by atoms with Gasteiger partial charge < -0.3 is 4.74 Å². The van der Waals surface area contributed by atoms with Gasteiger partial charge in [-0.05, 0) is 67.7 Å². The van der Waals surface area contributed by atoms with Gasteiger partial charge in [0, 0.05) is 17.8 Å². The lowest BCUT2D eigenvalue weighted by Gasteiger charge is -2.28. The van der Waals surface area contributed by atoms with Gasteiger partial charge in [-0.3, -0.25) is 4.98 Å². The topological polar surface area (TPSA) is 22.1 Å². The maximum Gasteiger partial charge on any atom is 0.136 e. The van der Waals surface area contributed by atoms with E-state index in [1.54, 1.807) is 6.07 Å². The molecule has 3 heteroatoms. The summed E-state index contributed by atoms with van der Waals surface area (Å²) in [5.74, 6) is 1.87. The van der Waals surface area contributed by atoms with Gasteiger partial charge in [0.05, 0.1) is 12.3 Å². The highest BCUT2D eigenvalue weighted by Gasteiger charge is 2.22. The number of aromatic nitrogens is 1. The van der Waals surface area contributed by atoms with Gasteiger partial charge in [0.1, 0.15) is 11.6 Å². The van der Waals surface area contributed by atoms with Crippen LogP contribution in [0.3, 0.4) is 0 Å². The number of pyridine rings is 1. The second kappa shape index (κ2) is 16.8. The first-order valence-corrected chi connectivity index (χ1v) is 15.1. The number of rotatable bonds is 17. The van der Waals surface area contributed by atoms with E-state index in [4.69, 9.17) is 4.74 Å². The summed E-state index contributed by atoms with van der Waals surface area (Å²) in [6.07, 6.45) is 24.3. The molecule has 0 amide bonds. The molecule has 0 spiro atoms. The van der Waals surface area contributed by atoms with Crippen LogP contribution in [0.4, 0.5) is 4.39 Å². The van der Waals surface area contributed by atoms with E-state index in [2.05, 4.69) is 24.9 Å². The Bertz CT molecular complexity index is 841. The molecule has 0 bridgehead atoms. The molecule has 36 heavy (non-hydrogen) atoms. The highest BCUT2D eigenvalue weighted by Crippen LogP contribution is 2.38. The van der Waals surface area contributed by atoms with Gasteiger partial charge in [0.2, 0.25) is 0 Å². The minimum Gasteiger partial charge on any atom is -0.493 e. The highest BCUT2D eigenvalue weighted by molar-refractivity contribution is 5.61. The van der Waals surface area contributed by atoms with Crippen molar-refractivity contribution in [3.05, 3.63) is 47.9 Å². The lowest BCUT2D eigenvalue weighted by molar-refractivity contribution is 0.301. The van der Waals surface area contributed by atoms with Crippen LogP contribution >= 0.6 is 0 Å². The highest BCUT2D eigenvalue weighted by atomic mass is 19.1. The molecule has 0 saturated heterocycles. The Kier molecular flexibility index (Phi) is 13.4. The van der Waals surface area contributed by atoms with E-state index in [9.17, 15) is 4.39 Å². The van der Waals surface area contributed by atoms with Crippen LogP contribution in [-0.2, 0) is 0 Å². The molecule has 1 saturated carbocycles. The molecule has 2 nitrogen and oxygen atoms in total. The molecule has 0 atom stereocenters. The number of hydrogen-bond donors (Lipinski definition) is 0. The Morgan fingerprint density at radius 3 is 2.08 bits per heavy atom. The standard InChI is InChI=1S/C33H50FNO/c1-3-5-7-9-11-13-15-27-16-18-28(19-17-27)29-20-23-33(35-26-29)31-22-21-30(25-32(31)34)36-24-14-12-10-8-6-4-2/h20-23,25-28H,3-19,24H2,1-2H3/t27-,28-. The van der Waals surface area contributed by atoms with Crippen LogP contribution in [0.15, 0.2) is 36.5 Å². The summed E-state index contributed by atoms with van der Waals surface area (Å²) in [5.41, 5.74) is 2.57. The number of halogens is 1. The van der Waals surface area contributed by atoms with Gasteiger partial charge in [-0.2, -0.15) is 0 Å². The summed E-state index contributed by atoms with van der Waals surface area (Å²) < 4.78 is 20.6. The SMILES string of the molecule is CCCCCCCCOc1ccc(-c2ccc([C@H]3CC[C@H](CCCCCCCC)CC3)cn2)c(F)c1. The summed E-state index contributed by atoms with van der Waals surface area (Å²) in [4.78, 5) is 4.65. The smallest absolute Gasteiger partial charge is 0.136 e. The summed E-state index contributed by atoms with van der Waals surface area (Å²) in [7, 11) is 0. The first-order valence-electron chi connectivity index (χ1n) is 15.1. The average molecular weight is 496 g/mol. The van der Waals surface area contributed by atoms with Gasteiger partial charge in [0.25, 0.3) is 0 Å². The van der Waals surface area contributed by atoms with Crippen molar-refractivity contribution in [2.45, 2.75) is 129 Å². The molecule has 1 aliphatic rings. The van der Waals surface area contributed by atoms with Crippen molar-refractivity contribution in [2.24, 2.45) is 5.92 Å². The van der Waals surface area contributed by atoms with E-state index in [1.807, 2.05) is 18.3 Å². The van der Waals surface area contributed by atoms with Crippen LogP contribution in [0.1, 0.15) is 134 Å². The number of benzene rings is 1. The molecule has 1 heterocycles. The minimum atomic E-state index is -0.258. The van der Waals surface area contributed by atoms with Crippen molar-refractivity contribution in [3.8, 4) is 17.0 Å². The molecule has 3 rings (SSSR count). The van der Waals surface area contributed by atoms with Crippen LogP contribution in [-0.4, -0.2) is 11.6 Å². The summed E-state index contributed by atoms with van der Waals surface area (Å²) in [6, 6.07) is 9.35. The molecule has 1 fully saturated rings. The Hall–Kier alpha value is -1.90. The molecule has 2 aromatic rings. The molecule has 0 N–H and O–H groups in total. The summed E-state index contributed by atoms with van der Waals surface area (Å²) in [6.45, 7) is 5.16. The maximum absolute atomic E-state index is 14.8. The largest absolute Gasteiger partial charge is 0.493 e. The quantitative estimate of drug-likeness (QED) is 0.204. The fourth-order valence-corrected chi connectivity index (χ4v) is 5.67. The first kappa shape index (κ1) is 28.7. The van der Waals surface area contributed by atoms with Crippen molar-refractivity contribution in [2.75, 3.05) is 6.61 Å². The van der Waals surface area contributed by atoms with E-state index < -0.39 is 0 Å². The number of nitrogens with zero attached hydrogens (tertiary/aromatic N) is 1. The minimum absolute atomic E-state index is 0.258. The van der Waals surface area contributed by atoms with Gasteiger partial charge in [-0.25, -0.2) is 4.39 Å². The van der Waals surface area contributed by atoms with Gasteiger partial charge >= 0.3 is 0 Å². The Balaban J connectivity index is 1.40. The third-order valence-electron chi connectivity index (χ3n) is 8.05. The number of unbranched alkanes of at least 4 members (excludes halogenated alkanes) is 10. The Morgan fingerprint density at radius 1 is 0.778 bits per heavy atom. The zero-order chi connectivity index (χ0) is 25.4. The normalized spacial score (nSPS) is 17.9. The van der Waals surface area contributed by atoms with E-state index in [0.717, 1.165) is 12.3 Å². The zero-order valence-electron chi connectivity index (χ0n) is 23.1. The molecule has 1 aliphatic carbocycles. The molecule has 0 radical (unpaired) electrons.